The molecule has 0 unspecified atom stereocenters. The van der Waals surface area contributed by atoms with Gasteiger partial charge < -0.3 is 15.2 Å². The number of hydrogen-bond acceptors (Lipinski definition) is 2. The van der Waals surface area contributed by atoms with Crippen molar-refractivity contribution < 1.29 is 4.79 Å². The molecule has 1 aliphatic heterocycles. The summed E-state index contributed by atoms with van der Waals surface area (Å²) in [5, 5.41) is 3.23. The predicted molar refractivity (Wildman–Crippen MR) is 99.8 cm³/mol. The average Bonchev–Trinajstić information content (AvgIpc) is 3.06. The normalized spacial score (nSPS) is 20.1. The highest BCUT2D eigenvalue weighted by atomic mass is 16.2. The summed E-state index contributed by atoms with van der Waals surface area (Å²) in [6.07, 6.45) is 8.06. The molecule has 1 aliphatic carbocycles. The number of aromatic nitrogens is 2. The van der Waals surface area contributed by atoms with Crippen LogP contribution >= 0.6 is 0 Å². The molecule has 5 heteroatoms. The van der Waals surface area contributed by atoms with Gasteiger partial charge in [0.05, 0.1) is 11.0 Å². The largest absolute Gasteiger partial charge is 0.342 e. The molecule has 0 bridgehead atoms. The van der Waals surface area contributed by atoms with Gasteiger partial charge in [0.15, 0.2) is 0 Å². The molecule has 0 radical (unpaired) electrons. The number of aryl methyl sites for hydroxylation is 1. The minimum absolute atomic E-state index is 0.130. The van der Waals surface area contributed by atoms with E-state index in [1.807, 2.05) is 4.90 Å². The summed E-state index contributed by atoms with van der Waals surface area (Å²) in [6, 6.07) is 6.85. The van der Waals surface area contributed by atoms with Gasteiger partial charge in [-0.2, -0.15) is 0 Å². The summed E-state index contributed by atoms with van der Waals surface area (Å²) >= 11 is 0. The van der Waals surface area contributed by atoms with Crippen LogP contribution in [0.4, 0.5) is 4.79 Å². The van der Waals surface area contributed by atoms with E-state index in [2.05, 4.69) is 35.4 Å². The van der Waals surface area contributed by atoms with Crippen LogP contribution in [0.1, 0.15) is 62.3 Å². The average molecular weight is 340 g/mol. The lowest BCUT2D eigenvalue weighted by molar-refractivity contribution is 0.173. The number of piperidine rings is 1. The molecule has 1 aromatic carbocycles. The number of aromatic amines is 1. The Hall–Kier alpha value is -2.04. The van der Waals surface area contributed by atoms with Crippen molar-refractivity contribution in [2.75, 3.05) is 13.1 Å². The standard InChI is InChI=1S/C20H28N4O/c1-14-7-8-17-18(13-14)23-19(22-17)15-9-11-24(12-10-15)20(25)21-16-5-3-2-4-6-16/h7-8,13,15-16H,2-6,9-12H2,1H3,(H,21,25)(H,22,23). The molecule has 2 amide bonds. The number of nitrogens with zero attached hydrogens (tertiary/aromatic N) is 2. The highest BCUT2D eigenvalue weighted by molar-refractivity contribution is 5.76. The van der Waals surface area contributed by atoms with Crippen LogP contribution in [0.5, 0.6) is 0 Å². The maximum Gasteiger partial charge on any atom is 0.317 e. The molecular formula is C20H28N4O. The van der Waals surface area contributed by atoms with Crippen molar-refractivity contribution in [3.8, 4) is 0 Å². The summed E-state index contributed by atoms with van der Waals surface area (Å²) in [4.78, 5) is 22.7. The lowest BCUT2D eigenvalue weighted by Gasteiger charge is -2.33. The lowest BCUT2D eigenvalue weighted by Crippen LogP contribution is -2.48. The van der Waals surface area contributed by atoms with E-state index in [9.17, 15) is 4.79 Å². The van der Waals surface area contributed by atoms with Gasteiger partial charge in [-0.25, -0.2) is 9.78 Å². The molecule has 0 spiro atoms. The second-order valence-electron chi connectivity index (χ2n) is 7.69. The molecule has 2 heterocycles. The first-order valence-electron chi connectivity index (χ1n) is 9.71. The molecule has 0 atom stereocenters. The van der Waals surface area contributed by atoms with Crippen LogP contribution in [0.25, 0.3) is 11.0 Å². The SMILES string of the molecule is Cc1ccc2nc(C3CCN(C(=O)NC4CCCCC4)CC3)[nH]c2c1. The van der Waals surface area contributed by atoms with E-state index in [4.69, 9.17) is 4.98 Å². The number of rotatable bonds is 2. The van der Waals surface area contributed by atoms with E-state index in [1.54, 1.807) is 0 Å². The third-order valence-corrected chi connectivity index (χ3v) is 5.76. The van der Waals surface area contributed by atoms with Crippen molar-refractivity contribution >= 4 is 17.1 Å². The number of urea groups is 1. The van der Waals surface area contributed by atoms with Gasteiger partial charge in [0, 0.05) is 25.0 Å². The van der Waals surface area contributed by atoms with Gasteiger partial charge in [-0.15, -0.1) is 0 Å². The van der Waals surface area contributed by atoms with Crippen molar-refractivity contribution in [1.82, 2.24) is 20.2 Å². The zero-order valence-electron chi connectivity index (χ0n) is 15.1. The number of benzene rings is 1. The molecule has 2 aromatic rings. The first kappa shape index (κ1) is 16.4. The highest BCUT2D eigenvalue weighted by Gasteiger charge is 2.27. The molecule has 1 saturated heterocycles. The van der Waals surface area contributed by atoms with Crippen LogP contribution in [0.3, 0.4) is 0 Å². The summed E-state index contributed by atoms with van der Waals surface area (Å²) in [5.41, 5.74) is 3.41. The third-order valence-electron chi connectivity index (χ3n) is 5.76. The molecule has 1 aromatic heterocycles. The van der Waals surface area contributed by atoms with Gasteiger partial charge in [-0.3, -0.25) is 0 Å². The van der Waals surface area contributed by atoms with Crippen molar-refractivity contribution in [3.05, 3.63) is 29.6 Å². The Kier molecular flexibility index (Phi) is 4.64. The summed E-state index contributed by atoms with van der Waals surface area (Å²) in [7, 11) is 0. The van der Waals surface area contributed by atoms with Crippen molar-refractivity contribution in [3.63, 3.8) is 0 Å². The second kappa shape index (κ2) is 7.06. The number of amides is 2. The van der Waals surface area contributed by atoms with Gasteiger partial charge in [0.2, 0.25) is 0 Å². The third kappa shape index (κ3) is 3.65. The Labute approximate surface area is 149 Å². The fourth-order valence-electron chi connectivity index (χ4n) is 4.21. The molecule has 25 heavy (non-hydrogen) atoms. The van der Waals surface area contributed by atoms with E-state index in [0.29, 0.717) is 12.0 Å². The van der Waals surface area contributed by atoms with Gasteiger partial charge >= 0.3 is 6.03 Å². The number of fused-ring (bicyclic) bond motifs is 1. The zero-order chi connectivity index (χ0) is 17.2. The molecule has 1 saturated carbocycles. The molecule has 2 aliphatic rings. The fraction of sp³-hybridized carbons (Fsp3) is 0.600. The minimum atomic E-state index is 0.130. The van der Waals surface area contributed by atoms with Crippen molar-refractivity contribution in [1.29, 1.82) is 0 Å². The second-order valence-corrected chi connectivity index (χ2v) is 7.69. The van der Waals surface area contributed by atoms with Crippen LogP contribution in [0, 0.1) is 6.92 Å². The molecule has 5 nitrogen and oxygen atoms in total. The van der Waals surface area contributed by atoms with Gasteiger partial charge in [0.25, 0.3) is 0 Å². The van der Waals surface area contributed by atoms with E-state index in [0.717, 1.165) is 55.6 Å². The highest BCUT2D eigenvalue weighted by Crippen LogP contribution is 2.28. The van der Waals surface area contributed by atoms with E-state index < -0.39 is 0 Å². The minimum Gasteiger partial charge on any atom is -0.342 e. The number of H-pyrrole nitrogens is 1. The van der Waals surface area contributed by atoms with Crippen LogP contribution < -0.4 is 5.32 Å². The number of likely N-dealkylation sites (tertiary alicyclic amines) is 1. The van der Waals surface area contributed by atoms with Crippen LogP contribution in [0.15, 0.2) is 18.2 Å². The van der Waals surface area contributed by atoms with E-state index >= 15 is 0 Å². The number of hydrogen-bond donors (Lipinski definition) is 2. The number of imidazole rings is 1. The maximum absolute atomic E-state index is 12.5. The monoisotopic (exact) mass is 340 g/mol. The van der Waals surface area contributed by atoms with Crippen LogP contribution in [0.2, 0.25) is 0 Å². The Bertz CT molecular complexity index is 739. The summed E-state index contributed by atoms with van der Waals surface area (Å²) in [5.74, 6) is 1.50. The van der Waals surface area contributed by atoms with Crippen molar-refractivity contribution in [2.24, 2.45) is 0 Å². The van der Waals surface area contributed by atoms with E-state index in [-0.39, 0.29) is 6.03 Å². The van der Waals surface area contributed by atoms with Crippen LogP contribution in [-0.2, 0) is 0 Å². The number of carbonyl (C=O) groups is 1. The van der Waals surface area contributed by atoms with Crippen LogP contribution in [-0.4, -0.2) is 40.0 Å². The molecule has 2 N–H and O–H groups in total. The topological polar surface area (TPSA) is 61.0 Å². The molecule has 2 fully saturated rings. The van der Waals surface area contributed by atoms with Crippen molar-refractivity contribution in [2.45, 2.75) is 63.8 Å². The smallest absolute Gasteiger partial charge is 0.317 e. The predicted octanol–water partition coefficient (Wildman–Crippen LogP) is 4.09. The number of nitrogens with one attached hydrogen (secondary N) is 2. The quantitative estimate of drug-likeness (QED) is 0.865. The fourth-order valence-corrected chi connectivity index (χ4v) is 4.21. The Morgan fingerprint density at radius 1 is 1.16 bits per heavy atom. The molecule has 134 valence electrons. The Morgan fingerprint density at radius 3 is 2.68 bits per heavy atom. The first-order valence-corrected chi connectivity index (χ1v) is 9.71. The molecular weight excluding hydrogens is 312 g/mol. The van der Waals surface area contributed by atoms with Gasteiger partial charge in [-0.05, 0) is 50.3 Å². The van der Waals surface area contributed by atoms with Gasteiger partial charge in [-0.1, -0.05) is 25.3 Å². The maximum atomic E-state index is 12.5. The summed E-state index contributed by atoms with van der Waals surface area (Å²) < 4.78 is 0. The summed E-state index contributed by atoms with van der Waals surface area (Å²) in [6.45, 7) is 3.74. The zero-order valence-corrected chi connectivity index (χ0v) is 15.1. The van der Waals surface area contributed by atoms with E-state index in [1.165, 1.54) is 24.8 Å². The first-order chi connectivity index (χ1) is 12.2. The Morgan fingerprint density at radius 2 is 1.92 bits per heavy atom. The molecule has 4 rings (SSSR count). The Balaban J connectivity index is 1.34. The number of carbonyl (C=O) groups excluding carboxylic acids is 1. The lowest BCUT2D eigenvalue weighted by atomic mass is 9.95. The van der Waals surface area contributed by atoms with Gasteiger partial charge in [0.1, 0.15) is 5.82 Å².